The van der Waals surface area contributed by atoms with Crippen LogP contribution in [0.2, 0.25) is 0 Å². The van der Waals surface area contributed by atoms with E-state index in [-0.39, 0.29) is 17.9 Å². The Balaban J connectivity index is 1.29. The number of carbonyl (C=O) groups excluding carboxylic acids is 2. The summed E-state index contributed by atoms with van der Waals surface area (Å²) in [6.45, 7) is 7.46. The summed E-state index contributed by atoms with van der Waals surface area (Å²) < 4.78 is 6.74. The van der Waals surface area contributed by atoms with Crippen molar-refractivity contribution in [3.63, 3.8) is 0 Å². The van der Waals surface area contributed by atoms with Crippen LogP contribution < -0.4 is 10.1 Å². The monoisotopic (exact) mass is 639 g/mol. The van der Waals surface area contributed by atoms with Gasteiger partial charge in [-0.15, -0.1) is 0 Å². The van der Waals surface area contributed by atoms with Gasteiger partial charge in [0.05, 0.1) is 29.5 Å². The molecule has 2 amide bonds. The second kappa shape index (κ2) is 14.5. The molecule has 4 aromatic carbocycles. The van der Waals surface area contributed by atoms with E-state index in [0.717, 1.165) is 24.0 Å². The molecule has 7 heteroatoms. The van der Waals surface area contributed by atoms with Crippen LogP contribution in [0.1, 0.15) is 58.2 Å². The predicted molar refractivity (Wildman–Crippen MR) is 176 cm³/mol. The van der Waals surface area contributed by atoms with Crippen molar-refractivity contribution in [2.45, 2.75) is 26.3 Å². The average molecular weight is 641 g/mol. The van der Waals surface area contributed by atoms with Gasteiger partial charge in [0.15, 0.2) is 0 Å². The number of carbonyl (C=O) groups is 2. The van der Waals surface area contributed by atoms with Crippen molar-refractivity contribution in [2.24, 2.45) is 5.92 Å². The topological polar surface area (TPSA) is 61.9 Å². The SMILES string of the molecule is CC(C)CCOc1ccc(Br)cc1C(=O)Nc1ccccc1C(=O)N1CCN(C(c2ccccc2)c2ccccc2)CC1. The van der Waals surface area contributed by atoms with E-state index in [9.17, 15) is 9.59 Å². The highest BCUT2D eigenvalue weighted by molar-refractivity contribution is 9.10. The maximum absolute atomic E-state index is 13.8. The first-order valence-corrected chi connectivity index (χ1v) is 15.7. The fraction of sp³-hybridized carbons (Fsp3) is 0.278. The largest absolute Gasteiger partial charge is 0.493 e. The first kappa shape index (κ1) is 30.5. The van der Waals surface area contributed by atoms with E-state index < -0.39 is 0 Å². The minimum atomic E-state index is -0.320. The summed E-state index contributed by atoms with van der Waals surface area (Å²) in [5.74, 6) is 0.608. The number of anilines is 1. The molecule has 1 aliphatic rings. The lowest BCUT2D eigenvalue weighted by Gasteiger charge is -2.40. The van der Waals surface area contributed by atoms with E-state index in [4.69, 9.17) is 4.74 Å². The highest BCUT2D eigenvalue weighted by Gasteiger charge is 2.29. The van der Waals surface area contributed by atoms with Gasteiger partial charge in [-0.1, -0.05) is 103 Å². The standard InChI is InChI=1S/C36H38BrN3O3/c1-26(2)19-24-43-33-18-17-29(37)25-31(33)35(41)38-32-16-10-9-15-30(32)36(42)40-22-20-39(21-23-40)34(27-11-5-3-6-12-27)28-13-7-4-8-14-28/h3-18,25-26,34H,19-24H2,1-2H3,(H,38,41). The summed E-state index contributed by atoms with van der Waals surface area (Å²) in [7, 11) is 0. The molecule has 5 rings (SSSR count). The minimum absolute atomic E-state index is 0.0887. The maximum Gasteiger partial charge on any atom is 0.259 e. The van der Waals surface area contributed by atoms with Crippen LogP contribution in [0.3, 0.4) is 0 Å². The first-order valence-electron chi connectivity index (χ1n) is 14.9. The van der Waals surface area contributed by atoms with Crippen LogP contribution in [0.15, 0.2) is 108 Å². The fourth-order valence-corrected chi connectivity index (χ4v) is 5.78. The molecule has 1 heterocycles. The second-order valence-electron chi connectivity index (χ2n) is 11.2. The second-order valence-corrected chi connectivity index (χ2v) is 12.1. The highest BCUT2D eigenvalue weighted by Crippen LogP contribution is 2.30. The summed E-state index contributed by atoms with van der Waals surface area (Å²) in [4.78, 5) is 31.6. The van der Waals surface area contributed by atoms with Crippen LogP contribution in [0.25, 0.3) is 0 Å². The zero-order chi connectivity index (χ0) is 30.2. The molecule has 1 fully saturated rings. The van der Waals surface area contributed by atoms with Gasteiger partial charge in [0.2, 0.25) is 0 Å². The summed E-state index contributed by atoms with van der Waals surface area (Å²) in [6.07, 6.45) is 0.888. The summed E-state index contributed by atoms with van der Waals surface area (Å²) in [6, 6.07) is 33.8. The minimum Gasteiger partial charge on any atom is -0.493 e. The Morgan fingerprint density at radius 1 is 0.791 bits per heavy atom. The number of amides is 2. The van der Waals surface area contributed by atoms with Crippen molar-refractivity contribution in [3.05, 3.63) is 130 Å². The third-order valence-corrected chi connectivity index (χ3v) is 8.24. The lowest BCUT2D eigenvalue weighted by molar-refractivity contribution is 0.0598. The number of ether oxygens (including phenoxy) is 1. The highest BCUT2D eigenvalue weighted by atomic mass is 79.9. The van der Waals surface area contributed by atoms with Crippen LogP contribution in [0.5, 0.6) is 5.75 Å². The van der Waals surface area contributed by atoms with Crippen LogP contribution >= 0.6 is 15.9 Å². The van der Waals surface area contributed by atoms with Gasteiger partial charge in [0, 0.05) is 30.7 Å². The molecular formula is C36H38BrN3O3. The van der Waals surface area contributed by atoms with E-state index in [1.165, 1.54) is 11.1 Å². The number of nitrogens with zero attached hydrogens (tertiary/aromatic N) is 2. The van der Waals surface area contributed by atoms with Crippen molar-refractivity contribution >= 4 is 33.4 Å². The summed E-state index contributed by atoms with van der Waals surface area (Å²) >= 11 is 3.48. The Kier molecular flexibility index (Phi) is 10.3. The Morgan fingerprint density at radius 3 is 2.02 bits per heavy atom. The van der Waals surface area contributed by atoms with Gasteiger partial charge < -0.3 is 15.0 Å². The van der Waals surface area contributed by atoms with E-state index >= 15 is 0 Å². The fourth-order valence-electron chi connectivity index (χ4n) is 5.42. The zero-order valence-corrected chi connectivity index (χ0v) is 26.3. The van der Waals surface area contributed by atoms with Gasteiger partial charge in [-0.2, -0.15) is 0 Å². The van der Waals surface area contributed by atoms with Crippen LogP contribution in [0, 0.1) is 5.92 Å². The molecule has 1 N–H and O–H groups in total. The van der Waals surface area contributed by atoms with Crippen molar-refractivity contribution in [1.29, 1.82) is 0 Å². The van der Waals surface area contributed by atoms with E-state index in [2.05, 4.69) is 88.5 Å². The van der Waals surface area contributed by atoms with Crippen LogP contribution in [0.4, 0.5) is 5.69 Å². The molecule has 1 aliphatic heterocycles. The summed E-state index contributed by atoms with van der Waals surface area (Å²) in [5.41, 5.74) is 3.86. The van der Waals surface area contributed by atoms with Gasteiger partial charge in [0.1, 0.15) is 5.75 Å². The molecular weight excluding hydrogens is 602 g/mol. The number of para-hydroxylation sites is 1. The van der Waals surface area contributed by atoms with Crippen molar-refractivity contribution in [1.82, 2.24) is 9.80 Å². The van der Waals surface area contributed by atoms with E-state index in [0.29, 0.717) is 48.2 Å². The number of hydrogen-bond acceptors (Lipinski definition) is 4. The van der Waals surface area contributed by atoms with Gasteiger partial charge in [-0.25, -0.2) is 0 Å². The molecule has 0 radical (unpaired) electrons. The Morgan fingerprint density at radius 2 is 1.40 bits per heavy atom. The van der Waals surface area contributed by atoms with Crippen molar-refractivity contribution in [2.75, 3.05) is 38.1 Å². The number of benzene rings is 4. The molecule has 0 atom stereocenters. The third kappa shape index (κ3) is 7.72. The smallest absolute Gasteiger partial charge is 0.259 e. The average Bonchev–Trinajstić information content (AvgIpc) is 3.03. The van der Waals surface area contributed by atoms with Gasteiger partial charge in [-0.05, 0) is 53.8 Å². The molecule has 0 aromatic heterocycles. The molecule has 222 valence electrons. The van der Waals surface area contributed by atoms with E-state index in [1.807, 2.05) is 35.2 Å². The third-order valence-electron chi connectivity index (χ3n) is 7.74. The number of halogens is 1. The van der Waals surface area contributed by atoms with Gasteiger partial charge >= 0.3 is 0 Å². The molecule has 0 spiro atoms. The Hall–Kier alpha value is -3.94. The predicted octanol–water partition coefficient (Wildman–Crippen LogP) is 7.67. The molecule has 1 saturated heterocycles. The molecule has 0 aliphatic carbocycles. The lowest BCUT2D eigenvalue weighted by Crippen LogP contribution is -2.50. The molecule has 4 aromatic rings. The molecule has 0 unspecified atom stereocenters. The van der Waals surface area contributed by atoms with Gasteiger partial charge in [0.25, 0.3) is 11.8 Å². The quantitative estimate of drug-likeness (QED) is 0.193. The lowest BCUT2D eigenvalue weighted by atomic mass is 9.96. The molecule has 6 nitrogen and oxygen atoms in total. The normalized spacial score (nSPS) is 13.7. The number of nitrogens with one attached hydrogen (secondary N) is 1. The number of rotatable bonds is 10. The molecule has 0 saturated carbocycles. The maximum atomic E-state index is 13.8. The first-order chi connectivity index (χ1) is 20.9. The number of hydrogen-bond donors (Lipinski definition) is 1. The van der Waals surface area contributed by atoms with E-state index in [1.54, 1.807) is 24.3 Å². The van der Waals surface area contributed by atoms with Crippen LogP contribution in [-0.2, 0) is 0 Å². The van der Waals surface area contributed by atoms with Gasteiger partial charge in [-0.3, -0.25) is 14.5 Å². The zero-order valence-electron chi connectivity index (χ0n) is 24.7. The Labute approximate surface area is 262 Å². The Bertz CT molecular complexity index is 1480. The van der Waals surface area contributed by atoms with Crippen molar-refractivity contribution in [3.8, 4) is 5.75 Å². The molecule has 43 heavy (non-hydrogen) atoms. The number of piperazine rings is 1. The molecule has 0 bridgehead atoms. The summed E-state index contributed by atoms with van der Waals surface area (Å²) in [5, 5.41) is 2.99. The van der Waals surface area contributed by atoms with Crippen molar-refractivity contribution < 1.29 is 14.3 Å². The van der Waals surface area contributed by atoms with Crippen LogP contribution in [-0.4, -0.2) is 54.4 Å².